The van der Waals surface area contributed by atoms with Crippen LogP contribution in [0.2, 0.25) is 0 Å². The fraction of sp³-hybridized carbons (Fsp3) is 0. The standard InChI is InChI=1S/C58H39N3/c1-5-16-40(17-6-1)42-28-32-45(33-29-42)53-39-54(60-58(59-53)47-22-11-4-12-23-47)46-34-30-43(31-35-46)48-24-15-25-50(36-48)61-55-27-14-13-26-51(55)57-52(44-20-9-3-10-21-44)37-49(38-56(57)61)41-18-7-2-8-19-41/h1-39H. The summed E-state index contributed by atoms with van der Waals surface area (Å²) in [4.78, 5) is 10.2. The van der Waals surface area contributed by atoms with Gasteiger partial charge in [0.15, 0.2) is 5.82 Å². The summed E-state index contributed by atoms with van der Waals surface area (Å²) >= 11 is 0. The van der Waals surface area contributed by atoms with Gasteiger partial charge in [-0.2, -0.15) is 0 Å². The van der Waals surface area contributed by atoms with Crippen molar-refractivity contribution in [1.82, 2.24) is 14.5 Å². The number of hydrogen-bond donors (Lipinski definition) is 0. The first-order valence-electron chi connectivity index (χ1n) is 20.7. The predicted molar refractivity (Wildman–Crippen MR) is 254 cm³/mol. The third-order valence-corrected chi connectivity index (χ3v) is 11.6. The van der Waals surface area contributed by atoms with Crippen LogP contribution in [0.5, 0.6) is 0 Å². The number of para-hydroxylation sites is 1. The predicted octanol–water partition coefficient (Wildman–Crippen LogP) is 15.2. The Morgan fingerprint density at radius 3 is 1.34 bits per heavy atom. The lowest BCUT2D eigenvalue weighted by molar-refractivity contribution is 1.18. The van der Waals surface area contributed by atoms with E-state index in [1.165, 1.54) is 55.2 Å². The lowest BCUT2D eigenvalue weighted by atomic mass is 9.94. The van der Waals surface area contributed by atoms with Crippen LogP contribution in [0.4, 0.5) is 0 Å². The molecule has 3 nitrogen and oxygen atoms in total. The topological polar surface area (TPSA) is 30.7 Å². The molecule has 0 spiro atoms. The van der Waals surface area contributed by atoms with Crippen LogP contribution in [0.25, 0.3) is 106 Å². The molecular formula is C58H39N3. The van der Waals surface area contributed by atoms with Crippen molar-refractivity contribution >= 4 is 21.8 Å². The minimum absolute atomic E-state index is 0.703. The maximum Gasteiger partial charge on any atom is 0.160 e. The van der Waals surface area contributed by atoms with E-state index in [1.54, 1.807) is 0 Å². The Morgan fingerprint density at radius 1 is 0.279 bits per heavy atom. The first kappa shape index (κ1) is 36.0. The number of benzene rings is 9. The summed E-state index contributed by atoms with van der Waals surface area (Å²) in [5.41, 5.74) is 17.8. The molecule has 0 radical (unpaired) electrons. The van der Waals surface area contributed by atoms with Gasteiger partial charge in [-0.3, -0.25) is 0 Å². The second-order valence-corrected chi connectivity index (χ2v) is 15.4. The van der Waals surface area contributed by atoms with E-state index in [0.717, 1.165) is 44.9 Å². The van der Waals surface area contributed by atoms with Gasteiger partial charge in [-0.1, -0.05) is 200 Å². The molecule has 0 fully saturated rings. The van der Waals surface area contributed by atoms with Crippen LogP contribution in [-0.2, 0) is 0 Å². The molecule has 0 aliphatic carbocycles. The Hall–Kier alpha value is -8.14. The van der Waals surface area contributed by atoms with Gasteiger partial charge in [-0.15, -0.1) is 0 Å². The number of hydrogen-bond acceptors (Lipinski definition) is 2. The molecule has 2 heterocycles. The Balaban J connectivity index is 0.996. The van der Waals surface area contributed by atoms with Crippen molar-refractivity contribution < 1.29 is 0 Å². The Bertz CT molecular complexity index is 3300. The molecule has 0 saturated heterocycles. The van der Waals surface area contributed by atoms with Crippen molar-refractivity contribution in [3.8, 4) is 84.1 Å². The van der Waals surface area contributed by atoms with Crippen LogP contribution in [0.15, 0.2) is 237 Å². The van der Waals surface area contributed by atoms with Crippen LogP contribution in [0.3, 0.4) is 0 Å². The van der Waals surface area contributed by atoms with E-state index in [2.05, 4.69) is 217 Å². The molecule has 2 aromatic heterocycles. The molecule has 11 aromatic rings. The third kappa shape index (κ3) is 6.88. The largest absolute Gasteiger partial charge is 0.309 e. The zero-order valence-corrected chi connectivity index (χ0v) is 33.4. The zero-order chi connectivity index (χ0) is 40.5. The second-order valence-electron chi connectivity index (χ2n) is 15.4. The number of rotatable bonds is 8. The van der Waals surface area contributed by atoms with Crippen molar-refractivity contribution in [1.29, 1.82) is 0 Å². The van der Waals surface area contributed by atoms with Gasteiger partial charge in [0, 0.05) is 33.2 Å². The first-order valence-corrected chi connectivity index (χ1v) is 20.7. The van der Waals surface area contributed by atoms with Crippen molar-refractivity contribution in [2.75, 3.05) is 0 Å². The van der Waals surface area contributed by atoms with Crippen molar-refractivity contribution in [3.63, 3.8) is 0 Å². The molecule has 9 aromatic carbocycles. The fourth-order valence-corrected chi connectivity index (χ4v) is 8.60. The van der Waals surface area contributed by atoms with Gasteiger partial charge in [0.25, 0.3) is 0 Å². The number of aromatic nitrogens is 3. The van der Waals surface area contributed by atoms with Crippen LogP contribution < -0.4 is 0 Å². The highest BCUT2D eigenvalue weighted by Crippen LogP contribution is 2.42. The lowest BCUT2D eigenvalue weighted by Crippen LogP contribution is -1.96. The maximum atomic E-state index is 5.12. The SMILES string of the molecule is c1ccc(-c2ccc(-c3cc(-c4ccc(-c5cccc(-n6c7ccccc7c7c(-c8ccccc8)cc(-c8ccccc8)cc76)c5)cc4)nc(-c4ccccc4)n3)cc2)cc1. The quantitative estimate of drug-likeness (QED) is 0.154. The minimum atomic E-state index is 0.703. The molecule has 286 valence electrons. The summed E-state index contributed by atoms with van der Waals surface area (Å²) in [7, 11) is 0. The monoisotopic (exact) mass is 777 g/mol. The first-order chi connectivity index (χ1) is 30.2. The van der Waals surface area contributed by atoms with E-state index in [9.17, 15) is 0 Å². The summed E-state index contributed by atoms with van der Waals surface area (Å²) in [5.74, 6) is 0.703. The van der Waals surface area contributed by atoms with E-state index in [1.807, 2.05) is 24.3 Å². The smallest absolute Gasteiger partial charge is 0.160 e. The van der Waals surface area contributed by atoms with Gasteiger partial charge in [0.1, 0.15) is 0 Å². The summed E-state index contributed by atoms with van der Waals surface area (Å²) in [5, 5.41) is 2.49. The van der Waals surface area contributed by atoms with Gasteiger partial charge >= 0.3 is 0 Å². The molecule has 0 unspecified atom stereocenters. The van der Waals surface area contributed by atoms with E-state index >= 15 is 0 Å². The average Bonchev–Trinajstić information content (AvgIpc) is 3.69. The van der Waals surface area contributed by atoms with Crippen molar-refractivity contribution in [2.24, 2.45) is 0 Å². The number of fused-ring (bicyclic) bond motifs is 3. The molecule has 11 rings (SSSR count). The molecule has 0 N–H and O–H groups in total. The normalized spacial score (nSPS) is 11.3. The van der Waals surface area contributed by atoms with Crippen molar-refractivity contribution in [3.05, 3.63) is 237 Å². The van der Waals surface area contributed by atoms with Gasteiger partial charge in [-0.05, 0) is 80.9 Å². The summed E-state index contributed by atoms with van der Waals surface area (Å²) in [6, 6.07) is 84.1. The van der Waals surface area contributed by atoms with E-state index < -0.39 is 0 Å². The highest BCUT2D eigenvalue weighted by molar-refractivity contribution is 6.17. The molecule has 0 aliphatic heterocycles. The van der Waals surface area contributed by atoms with E-state index in [-0.39, 0.29) is 0 Å². The average molecular weight is 778 g/mol. The maximum absolute atomic E-state index is 5.12. The Labute approximate surface area is 355 Å². The van der Waals surface area contributed by atoms with Crippen LogP contribution in [-0.4, -0.2) is 14.5 Å². The zero-order valence-electron chi connectivity index (χ0n) is 33.4. The van der Waals surface area contributed by atoms with Gasteiger partial charge in [-0.25, -0.2) is 9.97 Å². The molecule has 0 atom stereocenters. The van der Waals surface area contributed by atoms with E-state index in [4.69, 9.17) is 9.97 Å². The second kappa shape index (κ2) is 15.6. The highest BCUT2D eigenvalue weighted by Gasteiger charge is 2.19. The number of nitrogens with zero attached hydrogens (tertiary/aromatic N) is 3. The summed E-state index contributed by atoms with van der Waals surface area (Å²) in [6.07, 6.45) is 0. The van der Waals surface area contributed by atoms with Gasteiger partial charge < -0.3 is 4.57 Å². The molecule has 0 saturated carbocycles. The van der Waals surface area contributed by atoms with Gasteiger partial charge in [0.05, 0.1) is 22.4 Å². The summed E-state index contributed by atoms with van der Waals surface area (Å²) in [6.45, 7) is 0. The van der Waals surface area contributed by atoms with Gasteiger partial charge in [0.2, 0.25) is 0 Å². The molecule has 0 bridgehead atoms. The fourth-order valence-electron chi connectivity index (χ4n) is 8.60. The highest BCUT2D eigenvalue weighted by atomic mass is 15.0. The van der Waals surface area contributed by atoms with Crippen LogP contribution in [0, 0.1) is 0 Å². The van der Waals surface area contributed by atoms with E-state index in [0.29, 0.717) is 5.82 Å². The van der Waals surface area contributed by atoms with Crippen LogP contribution >= 0.6 is 0 Å². The third-order valence-electron chi connectivity index (χ3n) is 11.6. The molecule has 0 amide bonds. The van der Waals surface area contributed by atoms with Crippen LogP contribution in [0.1, 0.15) is 0 Å². The Kier molecular flexibility index (Phi) is 9.18. The molecule has 0 aliphatic rings. The van der Waals surface area contributed by atoms with Crippen molar-refractivity contribution in [2.45, 2.75) is 0 Å². The molecular weight excluding hydrogens is 739 g/mol. The Morgan fingerprint density at radius 2 is 0.738 bits per heavy atom. The summed E-state index contributed by atoms with van der Waals surface area (Å²) < 4.78 is 2.43. The molecule has 61 heavy (non-hydrogen) atoms. The minimum Gasteiger partial charge on any atom is -0.309 e. The molecule has 3 heteroatoms. The lowest BCUT2D eigenvalue weighted by Gasteiger charge is -2.13.